The zero-order chi connectivity index (χ0) is 4.62. The lowest BCUT2D eigenvalue weighted by Crippen LogP contribution is -2.49. The molecule has 0 aromatic rings. The molecular formula is C5H12ClN. The fourth-order valence-corrected chi connectivity index (χ4v) is 0.625. The van der Waals surface area contributed by atoms with E-state index in [2.05, 4.69) is 19.2 Å². The normalized spacial score (nSPS) is 24.9. The van der Waals surface area contributed by atoms with Gasteiger partial charge in [-0.2, -0.15) is 0 Å². The topological polar surface area (TPSA) is 12.0 Å². The van der Waals surface area contributed by atoms with Crippen LogP contribution in [0.1, 0.15) is 13.8 Å². The molecule has 0 saturated carbocycles. The maximum atomic E-state index is 3.20. The molecule has 0 aromatic carbocycles. The van der Waals surface area contributed by atoms with E-state index in [0.29, 0.717) is 5.41 Å². The van der Waals surface area contributed by atoms with Crippen molar-refractivity contribution in [1.29, 1.82) is 0 Å². The minimum Gasteiger partial charge on any atom is -0.316 e. The van der Waals surface area contributed by atoms with Gasteiger partial charge in [0.05, 0.1) is 0 Å². The average molecular weight is 122 g/mol. The molecule has 1 N–H and O–H groups in total. The third-order valence-corrected chi connectivity index (χ3v) is 1.21. The van der Waals surface area contributed by atoms with Gasteiger partial charge >= 0.3 is 0 Å². The highest BCUT2D eigenvalue weighted by Crippen LogP contribution is 2.18. The summed E-state index contributed by atoms with van der Waals surface area (Å²) in [4.78, 5) is 0. The van der Waals surface area contributed by atoms with Crippen molar-refractivity contribution in [2.24, 2.45) is 5.41 Å². The van der Waals surface area contributed by atoms with Crippen molar-refractivity contribution >= 4 is 12.4 Å². The van der Waals surface area contributed by atoms with Crippen molar-refractivity contribution < 1.29 is 0 Å². The van der Waals surface area contributed by atoms with Crippen LogP contribution < -0.4 is 5.32 Å². The fraction of sp³-hybridized carbons (Fsp3) is 1.00. The first kappa shape index (κ1) is 7.25. The van der Waals surface area contributed by atoms with Gasteiger partial charge in [0.1, 0.15) is 0 Å². The molecule has 0 aromatic heterocycles. The Kier molecular flexibility index (Phi) is 2.09. The summed E-state index contributed by atoms with van der Waals surface area (Å²) in [5.74, 6) is 0. The summed E-state index contributed by atoms with van der Waals surface area (Å²) >= 11 is 0. The minimum absolute atomic E-state index is 0. The summed E-state index contributed by atoms with van der Waals surface area (Å²) in [6, 6.07) is 0. The smallest absolute Gasteiger partial charge is 0.00149 e. The minimum atomic E-state index is 0. The van der Waals surface area contributed by atoms with E-state index in [1.807, 2.05) is 0 Å². The maximum Gasteiger partial charge on any atom is 0.00149 e. The first-order valence-electron chi connectivity index (χ1n) is 2.41. The molecule has 1 heterocycles. The zero-order valence-corrected chi connectivity index (χ0v) is 5.64. The molecule has 0 spiro atoms. The molecule has 0 unspecified atom stereocenters. The zero-order valence-electron chi connectivity index (χ0n) is 4.82. The number of hydrogen-bond acceptors (Lipinski definition) is 1. The Bertz CT molecular complexity index is 55.1. The molecule has 1 rings (SSSR count). The highest BCUT2D eigenvalue weighted by atomic mass is 35.5. The summed E-state index contributed by atoms with van der Waals surface area (Å²) in [5, 5.41) is 3.20. The number of rotatable bonds is 0. The Balaban J connectivity index is 0.000000360. The summed E-state index contributed by atoms with van der Waals surface area (Å²) in [5.41, 5.74) is 0.611. The van der Waals surface area contributed by atoms with Crippen LogP contribution in [-0.4, -0.2) is 13.1 Å². The van der Waals surface area contributed by atoms with Crippen LogP contribution in [0.5, 0.6) is 0 Å². The van der Waals surface area contributed by atoms with Crippen LogP contribution in [0.15, 0.2) is 0 Å². The van der Waals surface area contributed by atoms with Crippen LogP contribution in [-0.2, 0) is 0 Å². The van der Waals surface area contributed by atoms with E-state index in [9.17, 15) is 0 Å². The summed E-state index contributed by atoms with van der Waals surface area (Å²) < 4.78 is 0. The highest BCUT2D eigenvalue weighted by Gasteiger charge is 2.24. The first-order chi connectivity index (χ1) is 2.71. The maximum absolute atomic E-state index is 3.20. The van der Waals surface area contributed by atoms with E-state index in [1.54, 1.807) is 0 Å². The largest absolute Gasteiger partial charge is 0.316 e. The highest BCUT2D eigenvalue weighted by molar-refractivity contribution is 5.85. The SMILES string of the molecule is CC1(C)CNC1.Cl. The molecule has 0 bridgehead atoms. The molecule has 7 heavy (non-hydrogen) atoms. The van der Waals surface area contributed by atoms with Crippen molar-refractivity contribution in [2.75, 3.05) is 13.1 Å². The molecule has 0 aliphatic carbocycles. The molecular weight excluding hydrogens is 110 g/mol. The molecule has 1 aliphatic heterocycles. The van der Waals surface area contributed by atoms with E-state index < -0.39 is 0 Å². The van der Waals surface area contributed by atoms with Gasteiger partial charge in [-0.05, 0) is 5.41 Å². The Morgan fingerprint density at radius 1 is 1.29 bits per heavy atom. The van der Waals surface area contributed by atoms with Crippen molar-refractivity contribution in [3.63, 3.8) is 0 Å². The lowest BCUT2D eigenvalue weighted by atomic mass is 9.87. The van der Waals surface area contributed by atoms with E-state index in [-0.39, 0.29) is 12.4 Å². The number of hydrogen-bond donors (Lipinski definition) is 1. The van der Waals surface area contributed by atoms with Gasteiger partial charge in [0.2, 0.25) is 0 Å². The Morgan fingerprint density at radius 3 is 1.57 bits per heavy atom. The van der Waals surface area contributed by atoms with Crippen LogP contribution in [0.2, 0.25) is 0 Å². The summed E-state index contributed by atoms with van der Waals surface area (Å²) in [7, 11) is 0. The van der Waals surface area contributed by atoms with Crippen molar-refractivity contribution in [2.45, 2.75) is 13.8 Å². The molecule has 0 amide bonds. The van der Waals surface area contributed by atoms with Crippen LogP contribution in [0, 0.1) is 5.41 Å². The first-order valence-corrected chi connectivity index (χ1v) is 2.41. The van der Waals surface area contributed by atoms with Gasteiger partial charge in [0.15, 0.2) is 0 Å². The van der Waals surface area contributed by atoms with E-state index >= 15 is 0 Å². The lowest BCUT2D eigenvalue weighted by Gasteiger charge is -2.35. The molecule has 0 radical (unpaired) electrons. The van der Waals surface area contributed by atoms with Crippen molar-refractivity contribution in [3.8, 4) is 0 Å². The van der Waals surface area contributed by atoms with Gasteiger partial charge < -0.3 is 5.32 Å². The monoisotopic (exact) mass is 121 g/mol. The quantitative estimate of drug-likeness (QED) is 0.505. The van der Waals surface area contributed by atoms with Crippen LogP contribution in [0.4, 0.5) is 0 Å². The second-order valence-corrected chi connectivity index (χ2v) is 2.77. The van der Waals surface area contributed by atoms with Gasteiger partial charge in [-0.25, -0.2) is 0 Å². The molecule has 0 atom stereocenters. The second-order valence-electron chi connectivity index (χ2n) is 2.77. The Labute approximate surface area is 50.9 Å². The van der Waals surface area contributed by atoms with Crippen molar-refractivity contribution in [1.82, 2.24) is 5.32 Å². The lowest BCUT2D eigenvalue weighted by molar-refractivity contribution is 0.226. The molecule has 1 saturated heterocycles. The van der Waals surface area contributed by atoms with E-state index in [1.165, 1.54) is 13.1 Å². The Hall–Kier alpha value is 0.250. The van der Waals surface area contributed by atoms with Crippen molar-refractivity contribution in [3.05, 3.63) is 0 Å². The van der Waals surface area contributed by atoms with E-state index in [4.69, 9.17) is 0 Å². The molecule has 2 heteroatoms. The van der Waals surface area contributed by atoms with Crippen LogP contribution in [0.3, 0.4) is 0 Å². The number of halogens is 1. The number of nitrogens with one attached hydrogen (secondary N) is 1. The van der Waals surface area contributed by atoms with Gasteiger partial charge in [0.25, 0.3) is 0 Å². The van der Waals surface area contributed by atoms with Gasteiger partial charge in [-0.3, -0.25) is 0 Å². The van der Waals surface area contributed by atoms with Gasteiger partial charge in [-0.1, -0.05) is 13.8 Å². The van der Waals surface area contributed by atoms with Crippen LogP contribution >= 0.6 is 12.4 Å². The molecule has 1 aliphatic rings. The predicted octanol–water partition coefficient (Wildman–Crippen LogP) is 1.04. The van der Waals surface area contributed by atoms with E-state index in [0.717, 1.165) is 0 Å². The average Bonchev–Trinajstić information content (AvgIpc) is 1.32. The predicted molar refractivity (Wildman–Crippen MR) is 33.9 cm³/mol. The standard InChI is InChI=1S/C5H11N.ClH/c1-5(2)3-6-4-5;/h6H,3-4H2,1-2H3;1H. The molecule has 1 nitrogen and oxygen atoms in total. The fourth-order valence-electron chi connectivity index (χ4n) is 0.625. The third-order valence-electron chi connectivity index (χ3n) is 1.21. The Morgan fingerprint density at radius 2 is 1.57 bits per heavy atom. The van der Waals surface area contributed by atoms with Gasteiger partial charge in [0, 0.05) is 13.1 Å². The van der Waals surface area contributed by atoms with Gasteiger partial charge in [-0.15, -0.1) is 12.4 Å². The summed E-state index contributed by atoms with van der Waals surface area (Å²) in [6.07, 6.45) is 0. The second kappa shape index (κ2) is 2.01. The molecule has 1 fully saturated rings. The van der Waals surface area contributed by atoms with Crippen LogP contribution in [0.25, 0.3) is 0 Å². The molecule has 44 valence electrons. The third kappa shape index (κ3) is 1.66. The summed E-state index contributed by atoms with van der Waals surface area (Å²) in [6.45, 7) is 6.94.